The average Bonchev–Trinajstić information content (AvgIpc) is 2.88. The van der Waals surface area contributed by atoms with Crippen molar-refractivity contribution in [2.75, 3.05) is 12.4 Å². The number of ketones is 1. The summed E-state index contributed by atoms with van der Waals surface area (Å²) in [6.45, 7) is 1.84. The van der Waals surface area contributed by atoms with Gasteiger partial charge in [0, 0.05) is 40.6 Å². The molecule has 5 rings (SSSR count). The highest BCUT2D eigenvalue weighted by atomic mass is 19.1. The van der Waals surface area contributed by atoms with Crippen LogP contribution >= 0.6 is 0 Å². The van der Waals surface area contributed by atoms with E-state index in [1.54, 1.807) is 19.2 Å². The predicted octanol–water partition coefficient (Wildman–Crippen LogP) is 5.83. The summed E-state index contributed by atoms with van der Waals surface area (Å²) in [6.07, 6.45) is 1.03. The number of benzene rings is 3. The van der Waals surface area contributed by atoms with E-state index >= 15 is 0 Å². The number of rotatable bonds is 5. The maximum Gasteiger partial charge on any atom is 0.254 e. The van der Waals surface area contributed by atoms with Crippen LogP contribution in [0.25, 0.3) is 0 Å². The van der Waals surface area contributed by atoms with Crippen LogP contribution in [-0.2, 0) is 9.59 Å². The third kappa shape index (κ3) is 4.54. The van der Waals surface area contributed by atoms with Gasteiger partial charge < -0.3 is 15.4 Å². The van der Waals surface area contributed by atoms with Gasteiger partial charge in [-0.05, 0) is 60.7 Å². The quantitative estimate of drug-likeness (QED) is 0.480. The largest absolute Gasteiger partial charge is 0.497 e. The topological polar surface area (TPSA) is 67.4 Å². The van der Waals surface area contributed by atoms with Gasteiger partial charge in [0.1, 0.15) is 11.6 Å². The second kappa shape index (κ2) is 9.82. The summed E-state index contributed by atoms with van der Waals surface area (Å²) in [6, 6.07) is 23.2. The second-order valence-corrected chi connectivity index (χ2v) is 9.17. The number of anilines is 1. The van der Waals surface area contributed by atoms with Crippen LogP contribution in [0.2, 0.25) is 0 Å². The Bertz CT molecular complexity index is 1390. The van der Waals surface area contributed by atoms with Crippen LogP contribution in [0, 0.1) is 5.82 Å². The first-order valence-electron chi connectivity index (χ1n) is 11.9. The normalized spacial score (nSPS) is 19.5. The molecule has 0 bridgehead atoms. The summed E-state index contributed by atoms with van der Waals surface area (Å²) in [7, 11) is 1.58. The van der Waals surface area contributed by atoms with Crippen molar-refractivity contribution in [2.24, 2.45) is 0 Å². The molecule has 0 saturated heterocycles. The number of amides is 1. The monoisotopic (exact) mass is 482 g/mol. The molecule has 0 radical (unpaired) electrons. The van der Waals surface area contributed by atoms with Gasteiger partial charge in [0.05, 0.1) is 7.11 Å². The Morgan fingerprint density at radius 3 is 2.47 bits per heavy atom. The fourth-order valence-corrected chi connectivity index (χ4v) is 5.22. The van der Waals surface area contributed by atoms with Gasteiger partial charge in [-0.3, -0.25) is 9.59 Å². The molecular formula is C30H27FN2O3. The van der Waals surface area contributed by atoms with E-state index in [-0.39, 0.29) is 17.6 Å². The molecular weight excluding hydrogens is 455 g/mol. The van der Waals surface area contributed by atoms with E-state index in [2.05, 4.69) is 10.6 Å². The number of allylic oxidation sites excluding steroid dienone is 3. The van der Waals surface area contributed by atoms with E-state index in [1.807, 2.05) is 61.5 Å². The Kier molecular flexibility index (Phi) is 6.42. The SMILES string of the molecule is COc1cccc(C2C(C(=O)Nc3cccc(F)c3)=C(C)NC3=C2C(=O)CC(c2ccccc2)C3)c1. The lowest BCUT2D eigenvalue weighted by Crippen LogP contribution is -2.37. The standard InChI is InChI=1S/C30H27FN2O3/c1-18-27(30(35)33-23-12-7-11-22(31)17-23)28(20-10-6-13-24(14-20)36-2)29-25(32-18)15-21(16-26(29)34)19-8-4-3-5-9-19/h3-14,17,21,28,32H,15-16H2,1-2H3,(H,33,35). The summed E-state index contributed by atoms with van der Waals surface area (Å²) < 4.78 is 19.2. The van der Waals surface area contributed by atoms with E-state index in [1.165, 1.54) is 12.1 Å². The fraction of sp³-hybridized carbons (Fsp3) is 0.200. The number of nitrogens with one attached hydrogen (secondary N) is 2. The minimum Gasteiger partial charge on any atom is -0.497 e. The molecule has 1 amide bonds. The second-order valence-electron chi connectivity index (χ2n) is 9.17. The number of hydrogen-bond acceptors (Lipinski definition) is 4. The van der Waals surface area contributed by atoms with Gasteiger partial charge in [-0.2, -0.15) is 0 Å². The summed E-state index contributed by atoms with van der Waals surface area (Å²) in [5, 5.41) is 6.19. The molecule has 2 aliphatic rings. The number of hydrogen-bond donors (Lipinski definition) is 2. The molecule has 182 valence electrons. The number of methoxy groups -OCH3 is 1. The van der Waals surface area contributed by atoms with Crippen LogP contribution in [0.3, 0.4) is 0 Å². The molecule has 2 N–H and O–H groups in total. The molecule has 0 fully saturated rings. The first-order valence-corrected chi connectivity index (χ1v) is 11.9. The molecule has 3 aromatic rings. The minimum atomic E-state index is -0.575. The third-order valence-electron chi connectivity index (χ3n) is 6.85. The molecule has 2 atom stereocenters. The zero-order valence-electron chi connectivity index (χ0n) is 20.2. The lowest BCUT2D eigenvalue weighted by Gasteiger charge is -2.37. The van der Waals surface area contributed by atoms with Crippen molar-refractivity contribution in [3.8, 4) is 5.75 Å². The lowest BCUT2D eigenvalue weighted by molar-refractivity contribution is -0.116. The molecule has 1 heterocycles. The van der Waals surface area contributed by atoms with Gasteiger partial charge >= 0.3 is 0 Å². The van der Waals surface area contributed by atoms with Crippen LogP contribution in [0.1, 0.15) is 42.7 Å². The molecule has 1 aliphatic carbocycles. The highest BCUT2D eigenvalue weighted by Gasteiger charge is 2.41. The van der Waals surface area contributed by atoms with Gasteiger partial charge in [-0.1, -0.05) is 48.5 Å². The van der Waals surface area contributed by atoms with Gasteiger partial charge in [0.15, 0.2) is 5.78 Å². The minimum absolute atomic E-state index is 0.00831. The van der Waals surface area contributed by atoms with Gasteiger partial charge in [0.2, 0.25) is 0 Å². The van der Waals surface area contributed by atoms with Crippen molar-refractivity contribution in [1.82, 2.24) is 5.32 Å². The zero-order chi connectivity index (χ0) is 25.2. The Morgan fingerprint density at radius 2 is 1.72 bits per heavy atom. The van der Waals surface area contributed by atoms with E-state index < -0.39 is 11.7 Å². The number of Topliss-reactive ketones (excluding diaryl/α,β-unsaturated/α-hetero) is 1. The Hall–Kier alpha value is -4.19. The van der Waals surface area contributed by atoms with Crippen LogP contribution < -0.4 is 15.4 Å². The summed E-state index contributed by atoms with van der Waals surface area (Å²) in [5.41, 5.74) is 4.79. The molecule has 36 heavy (non-hydrogen) atoms. The van der Waals surface area contributed by atoms with Crippen LogP contribution in [0.15, 0.2) is 101 Å². The van der Waals surface area contributed by atoms with Crippen molar-refractivity contribution in [3.63, 3.8) is 0 Å². The highest BCUT2D eigenvalue weighted by Crippen LogP contribution is 2.46. The maximum absolute atomic E-state index is 13.8. The molecule has 0 aromatic heterocycles. The predicted molar refractivity (Wildman–Crippen MR) is 137 cm³/mol. The van der Waals surface area contributed by atoms with Crippen LogP contribution in [0.4, 0.5) is 10.1 Å². The molecule has 5 nitrogen and oxygen atoms in total. The Morgan fingerprint density at radius 1 is 0.972 bits per heavy atom. The molecule has 3 aromatic carbocycles. The average molecular weight is 483 g/mol. The fourth-order valence-electron chi connectivity index (χ4n) is 5.22. The number of halogens is 1. The molecule has 0 spiro atoms. The van der Waals surface area contributed by atoms with Crippen LogP contribution in [-0.4, -0.2) is 18.8 Å². The van der Waals surface area contributed by atoms with Gasteiger partial charge in [-0.15, -0.1) is 0 Å². The van der Waals surface area contributed by atoms with E-state index in [9.17, 15) is 14.0 Å². The zero-order valence-corrected chi connectivity index (χ0v) is 20.2. The Labute approximate surface area is 209 Å². The van der Waals surface area contributed by atoms with E-state index in [0.29, 0.717) is 41.1 Å². The highest BCUT2D eigenvalue weighted by molar-refractivity contribution is 6.10. The molecule has 1 aliphatic heterocycles. The maximum atomic E-state index is 13.8. The van der Waals surface area contributed by atoms with Crippen molar-refractivity contribution in [3.05, 3.63) is 118 Å². The molecule has 2 unspecified atom stereocenters. The lowest BCUT2D eigenvalue weighted by atomic mass is 9.71. The van der Waals surface area contributed by atoms with Gasteiger partial charge in [-0.25, -0.2) is 4.39 Å². The smallest absolute Gasteiger partial charge is 0.254 e. The molecule has 6 heteroatoms. The molecule has 0 saturated carbocycles. The van der Waals surface area contributed by atoms with Crippen molar-refractivity contribution >= 4 is 17.4 Å². The first-order chi connectivity index (χ1) is 17.4. The van der Waals surface area contributed by atoms with Crippen molar-refractivity contribution < 1.29 is 18.7 Å². The summed E-state index contributed by atoms with van der Waals surface area (Å²) in [5.74, 6) is -0.692. The number of ether oxygens (including phenoxy) is 1. The number of dihydropyridines is 1. The van der Waals surface area contributed by atoms with Crippen molar-refractivity contribution in [2.45, 2.75) is 31.6 Å². The van der Waals surface area contributed by atoms with Crippen LogP contribution in [0.5, 0.6) is 5.75 Å². The number of carbonyl (C=O) groups excluding carboxylic acids is 2. The van der Waals surface area contributed by atoms with E-state index in [0.717, 1.165) is 16.8 Å². The summed E-state index contributed by atoms with van der Waals surface area (Å²) >= 11 is 0. The van der Waals surface area contributed by atoms with Gasteiger partial charge in [0.25, 0.3) is 5.91 Å². The Balaban J connectivity index is 1.58. The van der Waals surface area contributed by atoms with Crippen molar-refractivity contribution in [1.29, 1.82) is 0 Å². The summed E-state index contributed by atoms with van der Waals surface area (Å²) in [4.78, 5) is 27.3. The first kappa shape index (κ1) is 23.5. The third-order valence-corrected chi connectivity index (χ3v) is 6.85. The number of carbonyl (C=O) groups is 2. The van der Waals surface area contributed by atoms with E-state index in [4.69, 9.17) is 4.74 Å².